The summed E-state index contributed by atoms with van der Waals surface area (Å²) in [5, 5.41) is 12.7. The minimum Gasteiger partial charge on any atom is -0.270 e. The zero-order chi connectivity index (χ0) is 18.4. The maximum atomic E-state index is 12.9. The van der Waals surface area contributed by atoms with Gasteiger partial charge in [0.2, 0.25) is 0 Å². The van der Waals surface area contributed by atoms with Gasteiger partial charge in [0, 0.05) is 28.1 Å². The highest BCUT2D eigenvalue weighted by Crippen LogP contribution is 2.34. The van der Waals surface area contributed by atoms with E-state index in [4.69, 9.17) is 11.6 Å². The molecule has 3 aromatic carbocycles. The number of carbonyl (C=O) groups is 2. The maximum Gasteiger partial charge on any atom is 0.270 e. The van der Waals surface area contributed by atoms with Gasteiger partial charge in [-0.05, 0) is 29.1 Å². The predicted octanol–water partition coefficient (Wildman–Crippen LogP) is 4.20. The average Bonchev–Trinajstić information content (AvgIpc) is 2.64. The molecule has 128 valence electrons. The van der Waals surface area contributed by atoms with Crippen LogP contribution in [0.25, 0.3) is 10.8 Å². The third kappa shape index (κ3) is 2.51. The van der Waals surface area contributed by atoms with Gasteiger partial charge >= 0.3 is 0 Å². The standard InChI is InChI=1S/C19H11ClN2O4/c20-13-6-4-11(5-7-13)10-21-18(23)15-3-1-2-12-8-14(22(25)26)9-16(17(12)15)19(21)24/h1-9H,10H2. The van der Waals surface area contributed by atoms with Crippen molar-refractivity contribution in [3.05, 3.63) is 86.4 Å². The van der Waals surface area contributed by atoms with Crippen molar-refractivity contribution in [3.63, 3.8) is 0 Å². The highest BCUT2D eigenvalue weighted by molar-refractivity contribution is 6.30. The fraction of sp³-hybridized carbons (Fsp3) is 0.0526. The van der Waals surface area contributed by atoms with Crippen LogP contribution in [0, 0.1) is 10.1 Å². The molecular weight excluding hydrogens is 356 g/mol. The largest absolute Gasteiger partial charge is 0.270 e. The second kappa shape index (κ2) is 5.93. The van der Waals surface area contributed by atoms with Crippen LogP contribution in [-0.2, 0) is 6.54 Å². The summed E-state index contributed by atoms with van der Waals surface area (Å²) in [6.45, 7) is 0.0629. The number of hydrogen-bond acceptors (Lipinski definition) is 4. The van der Waals surface area contributed by atoms with E-state index in [-0.39, 0.29) is 17.8 Å². The molecule has 0 bridgehead atoms. The lowest BCUT2D eigenvalue weighted by Crippen LogP contribution is -2.39. The summed E-state index contributed by atoms with van der Waals surface area (Å²) in [5.41, 5.74) is 1.08. The Hall–Kier alpha value is -3.25. The van der Waals surface area contributed by atoms with Crippen LogP contribution >= 0.6 is 11.6 Å². The average molecular weight is 367 g/mol. The monoisotopic (exact) mass is 366 g/mol. The van der Waals surface area contributed by atoms with Crippen molar-refractivity contribution in [2.75, 3.05) is 0 Å². The fourth-order valence-electron chi connectivity index (χ4n) is 3.16. The summed E-state index contributed by atoms with van der Waals surface area (Å²) in [4.78, 5) is 37.5. The Morgan fingerprint density at radius 1 is 0.962 bits per heavy atom. The van der Waals surface area contributed by atoms with Gasteiger partial charge in [-0.2, -0.15) is 0 Å². The summed E-state index contributed by atoms with van der Waals surface area (Å²) in [6.07, 6.45) is 0. The Labute approximate surface area is 152 Å². The summed E-state index contributed by atoms with van der Waals surface area (Å²) < 4.78 is 0. The maximum absolute atomic E-state index is 12.9. The van der Waals surface area contributed by atoms with E-state index in [0.29, 0.717) is 21.4 Å². The molecule has 1 heterocycles. The molecule has 4 rings (SSSR count). The first-order valence-electron chi connectivity index (χ1n) is 7.77. The van der Waals surface area contributed by atoms with E-state index in [2.05, 4.69) is 0 Å². The molecule has 0 saturated heterocycles. The summed E-state index contributed by atoms with van der Waals surface area (Å²) in [6, 6.07) is 14.3. The molecule has 1 aliphatic heterocycles. The zero-order valence-corrected chi connectivity index (χ0v) is 14.1. The molecule has 0 unspecified atom stereocenters. The lowest BCUT2D eigenvalue weighted by molar-refractivity contribution is -0.384. The molecule has 6 nitrogen and oxygen atoms in total. The number of non-ortho nitro benzene ring substituents is 1. The second-order valence-corrected chi connectivity index (χ2v) is 6.41. The molecule has 3 aromatic rings. The topological polar surface area (TPSA) is 80.5 Å². The number of amides is 2. The van der Waals surface area contributed by atoms with Gasteiger partial charge in [-0.1, -0.05) is 35.9 Å². The highest BCUT2D eigenvalue weighted by atomic mass is 35.5. The van der Waals surface area contributed by atoms with Gasteiger partial charge in [0.1, 0.15) is 0 Å². The minimum atomic E-state index is -0.546. The summed E-state index contributed by atoms with van der Waals surface area (Å²) in [5.74, 6) is -0.964. The predicted molar refractivity (Wildman–Crippen MR) is 96.3 cm³/mol. The third-order valence-corrected chi connectivity index (χ3v) is 4.63. The Balaban J connectivity index is 1.86. The SMILES string of the molecule is O=C1c2cccc3cc([N+](=O)[O-])cc(c23)C(=O)N1Cc1ccc(Cl)cc1. The third-order valence-electron chi connectivity index (χ3n) is 4.38. The molecule has 0 N–H and O–H groups in total. The van der Waals surface area contributed by atoms with Crippen LogP contribution in [0.5, 0.6) is 0 Å². The van der Waals surface area contributed by atoms with Crippen molar-refractivity contribution in [2.45, 2.75) is 6.54 Å². The number of nitro benzene ring substituents is 1. The molecule has 26 heavy (non-hydrogen) atoms. The van der Waals surface area contributed by atoms with Crippen LogP contribution in [0.3, 0.4) is 0 Å². The van der Waals surface area contributed by atoms with E-state index >= 15 is 0 Å². The van der Waals surface area contributed by atoms with Crippen molar-refractivity contribution >= 4 is 39.9 Å². The number of carbonyl (C=O) groups excluding carboxylic acids is 2. The first-order chi connectivity index (χ1) is 12.5. The molecule has 0 aromatic heterocycles. The Kier molecular flexibility index (Phi) is 3.70. The minimum absolute atomic E-state index is 0.0629. The van der Waals surface area contributed by atoms with Crippen LogP contribution in [0.15, 0.2) is 54.6 Å². The van der Waals surface area contributed by atoms with E-state index in [1.54, 1.807) is 42.5 Å². The lowest BCUT2D eigenvalue weighted by Gasteiger charge is -2.27. The van der Waals surface area contributed by atoms with E-state index in [9.17, 15) is 19.7 Å². The zero-order valence-electron chi connectivity index (χ0n) is 13.3. The molecule has 0 saturated carbocycles. The number of hydrogen-bond donors (Lipinski definition) is 0. The molecule has 0 atom stereocenters. The van der Waals surface area contributed by atoms with Crippen LogP contribution in [0.2, 0.25) is 5.02 Å². The van der Waals surface area contributed by atoms with Gasteiger partial charge < -0.3 is 0 Å². The van der Waals surface area contributed by atoms with Crippen LogP contribution < -0.4 is 0 Å². The van der Waals surface area contributed by atoms with Gasteiger partial charge in [-0.3, -0.25) is 24.6 Å². The molecule has 0 fully saturated rings. The van der Waals surface area contributed by atoms with Crippen molar-refractivity contribution in [1.29, 1.82) is 0 Å². The normalized spacial score (nSPS) is 13.3. The Morgan fingerprint density at radius 3 is 2.35 bits per heavy atom. The van der Waals surface area contributed by atoms with Gasteiger partial charge in [0.05, 0.1) is 17.0 Å². The first-order valence-corrected chi connectivity index (χ1v) is 8.15. The van der Waals surface area contributed by atoms with E-state index in [1.807, 2.05) is 0 Å². The molecule has 1 aliphatic rings. The van der Waals surface area contributed by atoms with E-state index < -0.39 is 16.7 Å². The van der Waals surface area contributed by atoms with Gasteiger partial charge in [0.25, 0.3) is 17.5 Å². The molecule has 0 aliphatic carbocycles. The molecule has 0 spiro atoms. The Morgan fingerprint density at radius 2 is 1.65 bits per heavy atom. The number of nitrogens with zero attached hydrogens (tertiary/aromatic N) is 2. The molecule has 7 heteroatoms. The molecular formula is C19H11ClN2O4. The second-order valence-electron chi connectivity index (χ2n) is 5.98. The highest BCUT2D eigenvalue weighted by Gasteiger charge is 2.34. The van der Waals surface area contributed by atoms with Crippen LogP contribution in [0.1, 0.15) is 26.3 Å². The summed E-state index contributed by atoms with van der Waals surface area (Å²) >= 11 is 5.87. The summed E-state index contributed by atoms with van der Waals surface area (Å²) in [7, 11) is 0. The number of imide groups is 1. The molecule has 0 radical (unpaired) electrons. The van der Waals surface area contributed by atoms with Gasteiger partial charge in [-0.15, -0.1) is 0 Å². The van der Waals surface area contributed by atoms with Gasteiger partial charge in [-0.25, -0.2) is 0 Å². The molecule has 2 amide bonds. The van der Waals surface area contributed by atoms with Crippen molar-refractivity contribution in [2.24, 2.45) is 0 Å². The number of rotatable bonds is 3. The van der Waals surface area contributed by atoms with Crippen molar-refractivity contribution < 1.29 is 14.5 Å². The van der Waals surface area contributed by atoms with E-state index in [1.165, 1.54) is 12.1 Å². The quantitative estimate of drug-likeness (QED) is 0.395. The van der Waals surface area contributed by atoms with Gasteiger partial charge in [0.15, 0.2) is 0 Å². The Bertz CT molecular complexity index is 1090. The van der Waals surface area contributed by atoms with Crippen LogP contribution in [-0.4, -0.2) is 21.6 Å². The first kappa shape index (κ1) is 16.2. The fourth-order valence-corrected chi connectivity index (χ4v) is 3.29. The van der Waals surface area contributed by atoms with Crippen molar-refractivity contribution in [3.8, 4) is 0 Å². The van der Waals surface area contributed by atoms with Crippen molar-refractivity contribution in [1.82, 2.24) is 4.90 Å². The smallest absolute Gasteiger partial charge is 0.270 e. The lowest BCUT2D eigenvalue weighted by atomic mass is 9.93. The number of benzene rings is 3. The number of nitro groups is 1. The van der Waals surface area contributed by atoms with Crippen LogP contribution in [0.4, 0.5) is 5.69 Å². The van der Waals surface area contributed by atoms with E-state index in [0.717, 1.165) is 10.5 Å². The number of halogens is 1.